The average Bonchev–Trinajstić information content (AvgIpc) is 2.71. The van der Waals surface area contributed by atoms with E-state index >= 15 is 0 Å². The van der Waals surface area contributed by atoms with Gasteiger partial charge in [-0.15, -0.1) is 0 Å². The fourth-order valence-electron chi connectivity index (χ4n) is 0.850. The van der Waals surface area contributed by atoms with E-state index in [2.05, 4.69) is 16.0 Å². The van der Waals surface area contributed by atoms with Crippen molar-refractivity contribution in [1.82, 2.24) is 9.97 Å². The smallest absolute Gasteiger partial charge is 0.115 e. The van der Waals surface area contributed by atoms with Crippen LogP contribution in [0.1, 0.15) is 24.5 Å². The molecule has 1 aromatic heterocycles. The molecular formula is C7H7N2. The second kappa shape index (κ2) is 1.79. The minimum atomic E-state index is 0.702. The molecule has 0 saturated heterocycles. The molecule has 1 fully saturated rings. The monoisotopic (exact) mass is 119 g/mol. The highest BCUT2D eigenvalue weighted by Gasteiger charge is 2.24. The van der Waals surface area contributed by atoms with Gasteiger partial charge in [0.2, 0.25) is 0 Å². The molecule has 0 amide bonds. The molecule has 2 heteroatoms. The Balaban J connectivity index is 2.29. The van der Waals surface area contributed by atoms with Crippen LogP contribution in [-0.4, -0.2) is 9.97 Å². The van der Waals surface area contributed by atoms with Crippen LogP contribution in [0.2, 0.25) is 0 Å². The summed E-state index contributed by atoms with van der Waals surface area (Å²) in [5, 5.41) is 0. The molecule has 0 atom stereocenters. The molecule has 0 aliphatic heterocycles. The van der Waals surface area contributed by atoms with E-state index in [1.807, 2.05) is 0 Å². The Bertz CT molecular complexity index is 191. The minimum Gasteiger partial charge on any atom is -0.244 e. The molecule has 1 saturated carbocycles. The summed E-state index contributed by atoms with van der Waals surface area (Å²) in [5.41, 5.74) is 1.09. The molecular weight excluding hydrogens is 112 g/mol. The first-order valence-electron chi connectivity index (χ1n) is 3.14. The Kier molecular flexibility index (Phi) is 0.979. The molecule has 2 nitrogen and oxygen atoms in total. The standard InChI is InChI=1S/C7H7N2/c1-2-6(1)7-3-4-8-5-9-7/h4-6H,1-2H2. The van der Waals surface area contributed by atoms with Crippen molar-refractivity contribution in [1.29, 1.82) is 0 Å². The van der Waals surface area contributed by atoms with Gasteiger partial charge in [-0.1, -0.05) is 0 Å². The van der Waals surface area contributed by atoms with Gasteiger partial charge in [0, 0.05) is 18.2 Å². The lowest BCUT2D eigenvalue weighted by Gasteiger charge is -1.89. The Morgan fingerprint density at radius 2 is 2.44 bits per heavy atom. The molecule has 2 rings (SSSR count). The third-order valence-corrected chi connectivity index (χ3v) is 1.51. The second-order valence-electron chi connectivity index (χ2n) is 2.33. The zero-order valence-electron chi connectivity index (χ0n) is 5.04. The van der Waals surface area contributed by atoms with Gasteiger partial charge in [0.05, 0.1) is 5.69 Å². The normalized spacial score (nSPS) is 17.8. The largest absolute Gasteiger partial charge is 0.244 e. The van der Waals surface area contributed by atoms with Crippen LogP contribution in [0.4, 0.5) is 0 Å². The number of nitrogens with zero attached hydrogens (tertiary/aromatic N) is 2. The SMILES string of the molecule is [c]1cncnc1C1CC1. The molecule has 0 bridgehead atoms. The van der Waals surface area contributed by atoms with Gasteiger partial charge in [-0.2, -0.15) is 0 Å². The lowest BCUT2D eigenvalue weighted by Crippen LogP contribution is -1.84. The van der Waals surface area contributed by atoms with Crippen LogP contribution < -0.4 is 0 Å². The Labute approximate surface area is 54.0 Å². The topological polar surface area (TPSA) is 25.8 Å². The minimum absolute atomic E-state index is 0.702. The summed E-state index contributed by atoms with van der Waals surface area (Å²) >= 11 is 0. The number of aromatic nitrogens is 2. The summed E-state index contributed by atoms with van der Waals surface area (Å²) in [4.78, 5) is 7.86. The third-order valence-electron chi connectivity index (χ3n) is 1.51. The summed E-state index contributed by atoms with van der Waals surface area (Å²) in [6.07, 6.45) is 5.84. The van der Waals surface area contributed by atoms with E-state index in [1.54, 1.807) is 12.5 Å². The number of rotatable bonds is 1. The average molecular weight is 119 g/mol. The summed E-state index contributed by atoms with van der Waals surface area (Å²) in [5.74, 6) is 0.702. The van der Waals surface area contributed by atoms with Gasteiger partial charge in [-0.25, -0.2) is 9.97 Å². The summed E-state index contributed by atoms with van der Waals surface area (Å²) in [6, 6.07) is 3.01. The molecule has 0 unspecified atom stereocenters. The summed E-state index contributed by atoms with van der Waals surface area (Å²) in [6.45, 7) is 0. The van der Waals surface area contributed by atoms with E-state index in [0.29, 0.717) is 5.92 Å². The van der Waals surface area contributed by atoms with Crippen molar-refractivity contribution < 1.29 is 0 Å². The summed E-state index contributed by atoms with van der Waals surface area (Å²) in [7, 11) is 0. The molecule has 0 N–H and O–H groups in total. The van der Waals surface area contributed by atoms with Crippen LogP contribution in [0.15, 0.2) is 12.5 Å². The van der Waals surface area contributed by atoms with E-state index in [1.165, 1.54) is 12.8 Å². The Morgan fingerprint density at radius 3 is 3.00 bits per heavy atom. The van der Waals surface area contributed by atoms with Crippen LogP contribution in [0, 0.1) is 6.07 Å². The van der Waals surface area contributed by atoms with E-state index in [-0.39, 0.29) is 0 Å². The molecule has 1 aliphatic carbocycles. The van der Waals surface area contributed by atoms with Crippen LogP contribution in [0.5, 0.6) is 0 Å². The van der Waals surface area contributed by atoms with Gasteiger partial charge in [0.1, 0.15) is 6.33 Å². The maximum Gasteiger partial charge on any atom is 0.115 e. The van der Waals surface area contributed by atoms with Crippen molar-refractivity contribution in [2.24, 2.45) is 0 Å². The summed E-state index contributed by atoms with van der Waals surface area (Å²) < 4.78 is 0. The number of hydrogen-bond donors (Lipinski definition) is 0. The van der Waals surface area contributed by atoms with Crippen LogP contribution in [-0.2, 0) is 0 Å². The highest BCUT2D eigenvalue weighted by molar-refractivity contribution is 5.09. The van der Waals surface area contributed by atoms with Crippen LogP contribution in [0.25, 0.3) is 0 Å². The van der Waals surface area contributed by atoms with E-state index < -0.39 is 0 Å². The van der Waals surface area contributed by atoms with Gasteiger partial charge in [-0.05, 0) is 12.8 Å². The predicted octanol–water partition coefficient (Wildman–Crippen LogP) is 1.15. The number of hydrogen-bond acceptors (Lipinski definition) is 2. The van der Waals surface area contributed by atoms with Crippen molar-refractivity contribution in [3.8, 4) is 0 Å². The second-order valence-corrected chi connectivity index (χ2v) is 2.33. The van der Waals surface area contributed by atoms with Gasteiger partial charge in [0.25, 0.3) is 0 Å². The first-order chi connectivity index (χ1) is 4.47. The van der Waals surface area contributed by atoms with E-state index in [0.717, 1.165) is 5.69 Å². The molecule has 0 spiro atoms. The lowest BCUT2D eigenvalue weighted by molar-refractivity contribution is 0.982. The van der Waals surface area contributed by atoms with Crippen molar-refractivity contribution >= 4 is 0 Å². The molecule has 1 radical (unpaired) electrons. The molecule has 1 heterocycles. The van der Waals surface area contributed by atoms with Crippen LogP contribution in [0.3, 0.4) is 0 Å². The van der Waals surface area contributed by atoms with E-state index in [4.69, 9.17) is 0 Å². The fourth-order valence-corrected chi connectivity index (χ4v) is 0.850. The van der Waals surface area contributed by atoms with Crippen molar-refractivity contribution in [3.63, 3.8) is 0 Å². The van der Waals surface area contributed by atoms with Gasteiger partial charge >= 0.3 is 0 Å². The lowest BCUT2D eigenvalue weighted by atomic mass is 10.3. The maximum atomic E-state index is 4.07. The van der Waals surface area contributed by atoms with Crippen molar-refractivity contribution in [2.45, 2.75) is 18.8 Å². The zero-order valence-corrected chi connectivity index (χ0v) is 5.04. The van der Waals surface area contributed by atoms with Crippen molar-refractivity contribution in [2.75, 3.05) is 0 Å². The van der Waals surface area contributed by atoms with Gasteiger partial charge < -0.3 is 0 Å². The van der Waals surface area contributed by atoms with Gasteiger partial charge in [-0.3, -0.25) is 0 Å². The third kappa shape index (κ3) is 0.922. The molecule has 1 aromatic rings. The molecule has 1 aliphatic rings. The van der Waals surface area contributed by atoms with Crippen molar-refractivity contribution in [3.05, 3.63) is 24.3 Å². The zero-order chi connectivity index (χ0) is 6.10. The molecule has 45 valence electrons. The fraction of sp³-hybridized carbons (Fsp3) is 0.429. The first-order valence-corrected chi connectivity index (χ1v) is 3.14. The molecule has 9 heavy (non-hydrogen) atoms. The molecule has 0 aromatic carbocycles. The van der Waals surface area contributed by atoms with E-state index in [9.17, 15) is 0 Å². The van der Waals surface area contributed by atoms with Crippen LogP contribution >= 0.6 is 0 Å². The maximum absolute atomic E-state index is 4.07. The first kappa shape index (κ1) is 4.91. The highest BCUT2D eigenvalue weighted by atomic mass is 14.8. The highest BCUT2D eigenvalue weighted by Crippen LogP contribution is 2.38. The quantitative estimate of drug-likeness (QED) is 0.554. The Morgan fingerprint density at radius 1 is 1.56 bits per heavy atom. The Hall–Kier alpha value is -0.920. The van der Waals surface area contributed by atoms with Gasteiger partial charge in [0.15, 0.2) is 0 Å². The predicted molar refractivity (Wildman–Crippen MR) is 32.8 cm³/mol.